The van der Waals surface area contributed by atoms with Gasteiger partial charge in [0.25, 0.3) is 5.91 Å². The Morgan fingerprint density at radius 3 is 2.19 bits per heavy atom. The highest BCUT2D eigenvalue weighted by atomic mass is 16.1. The molecule has 1 saturated carbocycles. The zero-order valence-corrected chi connectivity index (χ0v) is 16.5. The molecule has 2 N–H and O–H groups in total. The van der Waals surface area contributed by atoms with Gasteiger partial charge >= 0.3 is 0 Å². The molecular formula is C22H34N4O. The van der Waals surface area contributed by atoms with Gasteiger partial charge in [-0.3, -0.25) is 14.7 Å². The lowest BCUT2D eigenvalue weighted by Crippen LogP contribution is -2.45. The minimum absolute atomic E-state index is 0.348. The van der Waals surface area contributed by atoms with Crippen molar-refractivity contribution in [2.24, 2.45) is 17.6 Å². The van der Waals surface area contributed by atoms with Crippen LogP contribution in [0.4, 0.5) is 0 Å². The fourth-order valence-corrected chi connectivity index (χ4v) is 5.08. The Balaban J connectivity index is 1.16. The Labute approximate surface area is 163 Å². The van der Waals surface area contributed by atoms with Gasteiger partial charge in [-0.2, -0.15) is 0 Å². The van der Waals surface area contributed by atoms with Crippen molar-refractivity contribution in [2.45, 2.75) is 64.0 Å². The van der Waals surface area contributed by atoms with Crippen LogP contribution in [-0.2, 0) is 6.54 Å². The fraction of sp³-hybridized carbons (Fsp3) is 0.727. The molecular weight excluding hydrogens is 336 g/mol. The highest BCUT2D eigenvalue weighted by molar-refractivity contribution is 5.90. The number of pyridine rings is 1. The Kier molecular flexibility index (Phi) is 6.08. The maximum absolute atomic E-state index is 11.1. The van der Waals surface area contributed by atoms with E-state index in [0.717, 1.165) is 24.4 Å². The number of amides is 1. The van der Waals surface area contributed by atoms with Crippen molar-refractivity contribution in [1.29, 1.82) is 0 Å². The number of hydrogen-bond donors (Lipinski definition) is 1. The second-order valence-corrected chi connectivity index (χ2v) is 8.94. The van der Waals surface area contributed by atoms with Crippen LogP contribution in [0.25, 0.3) is 0 Å². The maximum Gasteiger partial charge on any atom is 0.267 e. The Morgan fingerprint density at radius 1 is 1.00 bits per heavy atom. The van der Waals surface area contributed by atoms with Crippen molar-refractivity contribution in [1.82, 2.24) is 14.8 Å². The summed E-state index contributed by atoms with van der Waals surface area (Å²) in [7, 11) is 0. The third kappa shape index (κ3) is 4.88. The van der Waals surface area contributed by atoms with Crippen LogP contribution in [0.2, 0.25) is 0 Å². The average molecular weight is 371 g/mol. The summed E-state index contributed by atoms with van der Waals surface area (Å²) in [5, 5.41) is 0. The monoisotopic (exact) mass is 370 g/mol. The first kappa shape index (κ1) is 18.9. The van der Waals surface area contributed by atoms with E-state index < -0.39 is 5.91 Å². The lowest BCUT2D eigenvalue weighted by atomic mass is 9.81. The van der Waals surface area contributed by atoms with E-state index in [0.29, 0.717) is 5.69 Å². The molecule has 5 heteroatoms. The molecule has 0 unspecified atom stereocenters. The molecule has 1 aromatic heterocycles. The summed E-state index contributed by atoms with van der Waals surface area (Å²) < 4.78 is 0. The lowest BCUT2D eigenvalue weighted by molar-refractivity contribution is 0.0724. The number of likely N-dealkylation sites (tertiary alicyclic amines) is 2. The molecule has 3 aliphatic rings. The lowest BCUT2D eigenvalue weighted by Gasteiger charge is -2.42. The number of aromatic nitrogens is 1. The van der Waals surface area contributed by atoms with Gasteiger partial charge in [0.1, 0.15) is 5.69 Å². The van der Waals surface area contributed by atoms with Crippen molar-refractivity contribution in [3.63, 3.8) is 0 Å². The van der Waals surface area contributed by atoms with Crippen LogP contribution in [0.5, 0.6) is 0 Å². The number of carbonyl (C=O) groups excluding carboxylic acids is 1. The number of carbonyl (C=O) groups is 1. The van der Waals surface area contributed by atoms with Crippen LogP contribution >= 0.6 is 0 Å². The molecule has 1 aliphatic carbocycles. The summed E-state index contributed by atoms with van der Waals surface area (Å²) in [5.74, 6) is 1.42. The standard InChI is InChI=1S/C22H34N4O/c23-22(27)21-5-4-19(15-24-21)16-25-10-6-17(7-11-25)14-18-8-12-26(13-9-18)20-2-1-3-20/h4-5,15,17-18,20H,1-3,6-14,16H2,(H2,23,27). The van der Waals surface area contributed by atoms with Gasteiger partial charge in [-0.05, 0) is 94.6 Å². The first-order chi connectivity index (χ1) is 13.2. The summed E-state index contributed by atoms with van der Waals surface area (Å²) in [6.07, 6.45) is 13.1. The van der Waals surface area contributed by atoms with Gasteiger partial charge in [0.15, 0.2) is 0 Å². The molecule has 0 atom stereocenters. The largest absolute Gasteiger partial charge is 0.364 e. The molecule has 5 nitrogen and oxygen atoms in total. The summed E-state index contributed by atoms with van der Waals surface area (Å²) in [6, 6.07) is 4.65. The first-order valence-corrected chi connectivity index (χ1v) is 10.9. The third-order valence-electron chi connectivity index (χ3n) is 7.10. The molecule has 0 bridgehead atoms. The van der Waals surface area contributed by atoms with Crippen LogP contribution in [0, 0.1) is 11.8 Å². The third-order valence-corrected chi connectivity index (χ3v) is 7.10. The van der Waals surface area contributed by atoms with Gasteiger partial charge in [0.05, 0.1) is 0 Å². The zero-order chi connectivity index (χ0) is 18.6. The highest BCUT2D eigenvalue weighted by Crippen LogP contribution is 2.33. The zero-order valence-electron chi connectivity index (χ0n) is 16.5. The number of rotatable bonds is 6. The van der Waals surface area contributed by atoms with E-state index in [1.807, 2.05) is 6.07 Å². The molecule has 148 valence electrons. The Hall–Kier alpha value is -1.46. The number of primary amides is 1. The van der Waals surface area contributed by atoms with Gasteiger partial charge in [-0.15, -0.1) is 0 Å². The molecule has 4 rings (SSSR count). The van der Waals surface area contributed by atoms with Gasteiger partial charge in [0.2, 0.25) is 0 Å². The molecule has 1 amide bonds. The molecule has 27 heavy (non-hydrogen) atoms. The number of piperidine rings is 2. The van der Waals surface area contributed by atoms with Gasteiger partial charge in [-0.1, -0.05) is 12.5 Å². The van der Waals surface area contributed by atoms with E-state index in [2.05, 4.69) is 14.8 Å². The minimum Gasteiger partial charge on any atom is -0.364 e. The number of nitrogens with two attached hydrogens (primary N) is 1. The van der Waals surface area contributed by atoms with E-state index >= 15 is 0 Å². The van der Waals surface area contributed by atoms with Crippen LogP contribution < -0.4 is 5.73 Å². The molecule has 0 aromatic carbocycles. The molecule has 2 aliphatic heterocycles. The van der Waals surface area contributed by atoms with Gasteiger partial charge < -0.3 is 10.6 Å². The smallest absolute Gasteiger partial charge is 0.267 e. The van der Waals surface area contributed by atoms with Crippen molar-refractivity contribution in [3.8, 4) is 0 Å². The molecule has 3 heterocycles. The maximum atomic E-state index is 11.1. The number of nitrogens with zero attached hydrogens (tertiary/aromatic N) is 3. The first-order valence-electron chi connectivity index (χ1n) is 10.9. The molecule has 1 aromatic rings. The predicted molar refractivity (Wildman–Crippen MR) is 107 cm³/mol. The van der Waals surface area contributed by atoms with E-state index in [9.17, 15) is 4.79 Å². The summed E-state index contributed by atoms with van der Waals surface area (Å²) in [5.41, 5.74) is 6.77. The second-order valence-electron chi connectivity index (χ2n) is 8.94. The van der Waals surface area contributed by atoms with E-state index in [1.54, 1.807) is 12.3 Å². The molecule has 0 spiro atoms. The van der Waals surface area contributed by atoms with E-state index in [4.69, 9.17) is 5.73 Å². The van der Waals surface area contributed by atoms with Gasteiger partial charge in [-0.25, -0.2) is 0 Å². The quantitative estimate of drug-likeness (QED) is 0.836. The van der Waals surface area contributed by atoms with Crippen LogP contribution in [0.15, 0.2) is 18.3 Å². The van der Waals surface area contributed by atoms with Crippen LogP contribution in [0.1, 0.15) is 67.4 Å². The van der Waals surface area contributed by atoms with Crippen LogP contribution in [0.3, 0.4) is 0 Å². The normalized spacial score (nSPS) is 24.0. The Morgan fingerprint density at radius 2 is 1.67 bits per heavy atom. The summed E-state index contributed by atoms with van der Waals surface area (Å²) in [4.78, 5) is 20.6. The SMILES string of the molecule is NC(=O)c1ccc(CN2CCC(CC3CCN(C4CCC4)CC3)CC2)cn1. The molecule has 0 radical (unpaired) electrons. The fourth-order valence-electron chi connectivity index (χ4n) is 5.08. The predicted octanol–water partition coefficient (Wildman–Crippen LogP) is 3.05. The number of hydrogen-bond acceptors (Lipinski definition) is 4. The molecule has 2 saturated heterocycles. The van der Waals surface area contributed by atoms with Crippen molar-refractivity contribution in [3.05, 3.63) is 29.6 Å². The highest BCUT2D eigenvalue weighted by Gasteiger charge is 2.30. The van der Waals surface area contributed by atoms with E-state index in [-0.39, 0.29) is 0 Å². The van der Waals surface area contributed by atoms with Crippen LogP contribution in [-0.4, -0.2) is 52.9 Å². The Bertz CT molecular complexity index is 612. The topological polar surface area (TPSA) is 62.5 Å². The molecule has 3 fully saturated rings. The van der Waals surface area contributed by atoms with Gasteiger partial charge in [0, 0.05) is 18.8 Å². The second kappa shape index (κ2) is 8.70. The summed E-state index contributed by atoms with van der Waals surface area (Å²) >= 11 is 0. The summed E-state index contributed by atoms with van der Waals surface area (Å²) in [6.45, 7) is 6.00. The average Bonchev–Trinajstić information content (AvgIpc) is 2.64. The van der Waals surface area contributed by atoms with E-state index in [1.165, 1.54) is 83.1 Å². The van der Waals surface area contributed by atoms with Crippen molar-refractivity contribution in [2.75, 3.05) is 26.2 Å². The van der Waals surface area contributed by atoms with Crippen molar-refractivity contribution >= 4 is 5.91 Å². The van der Waals surface area contributed by atoms with Crippen molar-refractivity contribution < 1.29 is 4.79 Å². The minimum atomic E-state index is -0.458.